The van der Waals surface area contributed by atoms with Crippen LogP contribution in [0.2, 0.25) is 0 Å². The van der Waals surface area contributed by atoms with E-state index >= 15 is 0 Å². The number of carbonyl (C=O) groups excluding carboxylic acids is 1. The van der Waals surface area contributed by atoms with Gasteiger partial charge in [-0.25, -0.2) is 0 Å². The standard InChI is InChI=1S/C23H23NO2/c1-17(21-10-6-7-11-22(21)26-2)24-23(25)16-18-12-14-20(15-13-18)19-8-4-3-5-9-19/h3-15,17H,16H2,1-2H3,(H,24,25)/t17-/m1/s1. The zero-order valence-electron chi connectivity index (χ0n) is 15.1. The lowest BCUT2D eigenvalue weighted by atomic mass is 10.0. The molecule has 0 heterocycles. The van der Waals surface area contributed by atoms with E-state index in [2.05, 4.69) is 29.6 Å². The van der Waals surface area contributed by atoms with Crippen molar-refractivity contribution in [2.75, 3.05) is 7.11 Å². The predicted molar refractivity (Wildman–Crippen MR) is 105 cm³/mol. The van der Waals surface area contributed by atoms with Crippen LogP contribution in [-0.4, -0.2) is 13.0 Å². The monoisotopic (exact) mass is 345 g/mol. The Morgan fingerprint density at radius 2 is 1.50 bits per heavy atom. The lowest BCUT2D eigenvalue weighted by molar-refractivity contribution is -0.121. The normalized spacial score (nSPS) is 11.6. The molecular weight excluding hydrogens is 322 g/mol. The maximum absolute atomic E-state index is 12.4. The molecule has 3 rings (SSSR count). The van der Waals surface area contributed by atoms with E-state index in [1.807, 2.05) is 61.5 Å². The molecule has 26 heavy (non-hydrogen) atoms. The lowest BCUT2D eigenvalue weighted by Crippen LogP contribution is -2.28. The molecule has 132 valence electrons. The Labute approximate surface area is 154 Å². The second kappa shape index (κ2) is 8.34. The highest BCUT2D eigenvalue weighted by molar-refractivity contribution is 5.79. The van der Waals surface area contributed by atoms with Gasteiger partial charge in [0, 0.05) is 5.56 Å². The van der Waals surface area contributed by atoms with Crippen LogP contribution in [0.5, 0.6) is 5.75 Å². The first kappa shape index (κ1) is 17.7. The Hall–Kier alpha value is -3.07. The number of benzene rings is 3. The molecule has 0 fully saturated rings. The molecule has 0 aromatic heterocycles. The molecule has 3 heteroatoms. The number of carbonyl (C=O) groups is 1. The molecule has 0 aliphatic heterocycles. The predicted octanol–water partition coefficient (Wildman–Crippen LogP) is 4.78. The van der Waals surface area contributed by atoms with Gasteiger partial charge in [0.1, 0.15) is 5.75 Å². The highest BCUT2D eigenvalue weighted by Gasteiger charge is 2.13. The van der Waals surface area contributed by atoms with E-state index in [-0.39, 0.29) is 11.9 Å². The van der Waals surface area contributed by atoms with Crippen molar-refractivity contribution in [3.8, 4) is 16.9 Å². The van der Waals surface area contributed by atoms with Gasteiger partial charge in [-0.05, 0) is 29.7 Å². The van der Waals surface area contributed by atoms with E-state index in [1.54, 1.807) is 7.11 Å². The smallest absolute Gasteiger partial charge is 0.224 e. The van der Waals surface area contributed by atoms with Crippen molar-refractivity contribution in [3.05, 3.63) is 90.0 Å². The minimum absolute atomic E-state index is 0.00383. The van der Waals surface area contributed by atoms with Crippen LogP contribution in [0.15, 0.2) is 78.9 Å². The molecular formula is C23H23NO2. The molecule has 0 aliphatic carbocycles. The molecule has 1 amide bonds. The summed E-state index contributed by atoms with van der Waals surface area (Å²) in [5.41, 5.74) is 4.29. The van der Waals surface area contributed by atoms with Crippen LogP contribution >= 0.6 is 0 Å². The molecule has 0 spiro atoms. The molecule has 3 aromatic rings. The molecule has 0 aliphatic rings. The first-order chi connectivity index (χ1) is 12.7. The Morgan fingerprint density at radius 1 is 0.885 bits per heavy atom. The number of methoxy groups -OCH3 is 1. The van der Waals surface area contributed by atoms with Gasteiger partial charge in [-0.2, -0.15) is 0 Å². The van der Waals surface area contributed by atoms with Crippen molar-refractivity contribution >= 4 is 5.91 Å². The molecule has 0 unspecified atom stereocenters. The van der Waals surface area contributed by atoms with E-state index < -0.39 is 0 Å². The van der Waals surface area contributed by atoms with Crippen LogP contribution in [0.1, 0.15) is 24.1 Å². The van der Waals surface area contributed by atoms with Crippen molar-refractivity contribution in [1.29, 1.82) is 0 Å². The van der Waals surface area contributed by atoms with Crippen molar-refractivity contribution in [3.63, 3.8) is 0 Å². The summed E-state index contributed by atoms with van der Waals surface area (Å²) < 4.78 is 5.37. The largest absolute Gasteiger partial charge is 0.496 e. The van der Waals surface area contributed by atoms with E-state index in [9.17, 15) is 4.79 Å². The summed E-state index contributed by atoms with van der Waals surface area (Å²) in [6, 6.07) is 26.0. The van der Waals surface area contributed by atoms with E-state index in [0.717, 1.165) is 22.4 Å². The average molecular weight is 345 g/mol. The number of rotatable bonds is 6. The van der Waals surface area contributed by atoms with Crippen LogP contribution < -0.4 is 10.1 Å². The van der Waals surface area contributed by atoms with E-state index in [1.165, 1.54) is 5.56 Å². The number of ether oxygens (including phenoxy) is 1. The maximum Gasteiger partial charge on any atom is 0.224 e. The van der Waals surface area contributed by atoms with Crippen molar-refractivity contribution in [2.45, 2.75) is 19.4 Å². The van der Waals surface area contributed by atoms with Crippen LogP contribution in [-0.2, 0) is 11.2 Å². The van der Waals surface area contributed by atoms with Gasteiger partial charge in [0.15, 0.2) is 0 Å². The van der Waals surface area contributed by atoms with Gasteiger partial charge in [0.2, 0.25) is 5.91 Å². The molecule has 0 radical (unpaired) electrons. The molecule has 1 N–H and O–H groups in total. The number of hydrogen-bond donors (Lipinski definition) is 1. The second-order valence-electron chi connectivity index (χ2n) is 6.27. The summed E-state index contributed by atoms with van der Waals surface area (Å²) in [6.07, 6.45) is 0.356. The summed E-state index contributed by atoms with van der Waals surface area (Å²) in [5.74, 6) is 0.781. The molecule has 3 nitrogen and oxygen atoms in total. The van der Waals surface area contributed by atoms with Crippen molar-refractivity contribution in [2.24, 2.45) is 0 Å². The zero-order valence-corrected chi connectivity index (χ0v) is 15.1. The summed E-state index contributed by atoms with van der Waals surface area (Å²) in [5, 5.41) is 3.05. The van der Waals surface area contributed by atoms with E-state index in [4.69, 9.17) is 4.74 Å². The van der Waals surface area contributed by atoms with Crippen LogP contribution in [0.25, 0.3) is 11.1 Å². The number of hydrogen-bond acceptors (Lipinski definition) is 2. The van der Waals surface area contributed by atoms with Gasteiger partial charge in [0.25, 0.3) is 0 Å². The maximum atomic E-state index is 12.4. The topological polar surface area (TPSA) is 38.3 Å². The lowest BCUT2D eigenvalue weighted by Gasteiger charge is -2.17. The molecule has 0 saturated heterocycles. The first-order valence-electron chi connectivity index (χ1n) is 8.74. The number of nitrogens with one attached hydrogen (secondary N) is 1. The SMILES string of the molecule is COc1ccccc1[C@@H](C)NC(=O)Cc1ccc(-c2ccccc2)cc1. The Kier molecular flexibility index (Phi) is 5.69. The summed E-state index contributed by atoms with van der Waals surface area (Å²) >= 11 is 0. The first-order valence-corrected chi connectivity index (χ1v) is 8.74. The Bertz CT molecular complexity index is 857. The third-order valence-corrected chi connectivity index (χ3v) is 4.41. The zero-order chi connectivity index (χ0) is 18.4. The molecule has 0 bridgehead atoms. The second-order valence-corrected chi connectivity index (χ2v) is 6.27. The van der Waals surface area contributed by atoms with Crippen LogP contribution in [0, 0.1) is 0 Å². The average Bonchev–Trinajstić information content (AvgIpc) is 2.69. The fraction of sp³-hybridized carbons (Fsp3) is 0.174. The fourth-order valence-corrected chi connectivity index (χ4v) is 3.03. The Morgan fingerprint density at radius 3 is 2.19 bits per heavy atom. The highest BCUT2D eigenvalue weighted by atomic mass is 16.5. The summed E-state index contributed by atoms with van der Waals surface area (Å²) in [4.78, 5) is 12.4. The van der Waals surface area contributed by atoms with Gasteiger partial charge < -0.3 is 10.1 Å². The molecule has 3 aromatic carbocycles. The van der Waals surface area contributed by atoms with Crippen molar-refractivity contribution in [1.82, 2.24) is 5.32 Å². The van der Waals surface area contributed by atoms with Gasteiger partial charge >= 0.3 is 0 Å². The van der Waals surface area contributed by atoms with E-state index in [0.29, 0.717) is 6.42 Å². The highest BCUT2D eigenvalue weighted by Crippen LogP contribution is 2.24. The minimum Gasteiger partial charge on any atom is -0.496 e. The Balaban J connectivity index is 1.63. The van der Waals surface area contributed by atoms with Crippen LogP contribution in [0.4, 0.5) is 0 Å². The fourth-order valence-electron chi connectivity index (χ4n) is 3.03. The summed E-state index contributed by atoms with van der Waals surface area (Å²) in [6.45, 7) is 1.97. The van der Waals surface area contributed by atoms with Crippen LogP contribution in [0.3, 0.4) is 0 Å². The molecule has 1 atom stereocenters. The number of amides is 1. The quantitative estimate of drug-likeness (QED) is 0.698. The van der Waals surface area contributed by atoms with Crippen molar-refractivity contribution < 1.29 is 9.53 Å². The van der Waals surface area contributed by atoms with Gasteiger partial charge in [-0.3, -0.25) is 4.79 Å². The summed E-state index contributed by atoms with van der Waals surface area (Å²) in [7, 11) is 1.64. The molecule has 0 saturated carbocycles. The minimum atomic E-state index is -0.109. The number of para-hydroxylation sites is 1. The third kappa shape index (κ3) is 4.31. The van der Waals surface area contributed by atoms with Gasteiger partial charge in [0.05, 0.1) is 19.6 Å². The third-order valence-electron chi connectivity index (χ3n) is 4.41. The van der Waals surface area contributed by atoms with Gasteiger partial charge in [-0.15, -0.1) is 0 Å². The van der Waals surface area contributed by atoms with Gasteiger partial charge in [-0.1, -0.05) is 72.8 Å².